The second-order valence-corrected chi connectivity index (χ2v) is 8.02. The quantitative estimate of drug-likeness (QED) is 0.781. The lowest BCUT2D eigenvalue weighted by Crippen LogP contribution is -2.45. The number of ether oxygens (including phenoxy) is 1. The summed E-state index contributed by atoms with van der Waals surface area (Å²) in [5.74, 6) is -0.341. The van der Waals surface area contributed by atoms with Crippen molar-refractivity contribution < 1.29 is 14.3 Å². The molecule has 1 fully saturated rings. The number of rotatable bonds is 3. The zero-order valence-electron chi connectivity index (χ0n) is 12.1. The van der Waals surface area contributed by atoms with E-state index in [1.807, 2.05) is 12.1 Å². The summed E-state index contributed by atoms with van der Waals surface area (Å²) in [7, 11) is 0. The van der Waals surface area contributed by atoms with Gasteiger partial charge in [-0.2, -0.15) is 0 Å². The predicted octanol–water partition coefficient (Wildman–Crippen LogP) is 3.62. The summed E-state index contributed by atoms with van der Waals surface area (Å²) in [4.78, 5) is 25.2. The molecule has 0 unspecified atom stereocenters. The van der Waals surface area contributed by atoms with Crippen LogP contribution in [0.5, 0.6) is 0 Å². The van der Waals surface area contributed by atoms with Crippen LogP contribution in [0.3, 0.4) is 0 Å². The number of nitrogens with one attached hydrogen (secondary N) is 2. The molecule has 1 aromatic rings. The van der Waals surface area contributed by atoms with E-state index in [1.165, 1.54) is 11.3 Å². The van der Waals surface area contributed by atoms with Gasteiger partial charge in [-0.1, -0.05) is 0 Å². The topological polar surface area (TPSA) is 67.4 Å². The predicted molar refractivity (Wildman–Crippen MR) is 87.5 cm³/mol. The van der Waals surface area contributed by atoms with Crippen LogP contribution in [0.25, 0.3) is 0 Å². The molecule has 2 N–H and O–H groups in total. The lowest BCUT2D eigenvalue weighted by molar-refractivity contribution is -0.144. The van der Waals surface area contributed by atoms with E-state index in [9.17, 15) is 9.59 Å². The van der Waals surface area contributed by atoms with E-state index in [4.69, 9.17) is 4.74 Å². The number of hydrogen-bond acceptors (Lipinski definition) is 4. The van der Waals surface area contributed by atoms with Gasteiger partial charge in [-0.3, -0.25) is 0 Å². The van der Waals surface area contributed by atoms with Gasteiger partial charge in [-0.05, 0) is 60.7 Å². The molecule has 0 saturated heterocycles. The van der Waals surface area contributed by atoms with Crippen LogP contribution in [0.1, 0.15) is 43.5 Å². The highest BCUT2D eigenvalue weighted by Crippen LogP contribution is 2.35. The number of carbonyl (C=O) groups is 2. The second-order valence-electron chi connectivity index (χ2n) is 5.52. The van der Waals surface area contributed by atoms with Gasteiger partial charge >= 0.3 is 12.0 Å². The molecule has 1 atom stereocenters. The van der Waals surface area contributed by atoms with E-state index in [0.717, 1.165) is 34.3 Å². The van der Waals surface area contributed by atoms with Crippen molar-refractivity contribution in [1.82, 2.24) is 10.6 Å². The second kappa shape index (κ2) is 6.42. The van der Waals surface area contributed by atoms with Crippen molar-refractivity contribution in [3.05, 3.63) is 32.1 Å². The first kappa shape index (κ1) is 15.6. The molecule has 2 heterocycles. The Kier molecular flexibility index (Phi) is 4.54. The van der Waals surface area contributed by atoms with Crippen molar-refractivity contribution in [2.75, 3.05) is 0 Å². The van der Waals surface area contributed by atoms with E-state index in [-0.39, 0.29) is 18.1 Å². The van der Waals surface area contributed by atoms with Crippen molar-refractivity contribution in [1.29, 1.82) is 0 Å². The molecule has 0 spiro atoms. The van der Waals surface area contributed by atoms with E-state index in [1.54, 1.807) is 6.92 Å². The van der Waals surface area contributed by atoms with E-state index in [2.05, 4.69) is 26.6 Å². The van der Waals surface area contributed by atoms with Crippen molar-refractivity contribution >= 4 is 39.3 Å². The van der Waals surface area contributed by atoms with Gasteiger partial charge in [0.15, 0.2) is 0 Å². The summed E-state index contributed by atoms with van der Waals surface area (Å²) >= 11 is 4.91. The van der Waals surface area contributed by atoms with Gasteiger partial charge in [0, 0.05) is 10.6 Å². The van der Waals surface area contributed by atoms with Gasteiger partial charge in [0.1, 0.15) is 6.10 Å². The maximum absolute atomic E-state index is 12.6. The molecule has 22 heavy (non-hydrogen) atoms. The van der Waals surface area contributed by atoms with Crippen molar-refractivity contribution in [3.63, 3.8) is 0 Å². The molecule has 1 saturated carbocycles. The lowest BCUT2D eigenvalue weighted by atomic mass is 10.0. The lowest BCUT2D eigenvalue weighted by Gasteiger charge is -2.27. The fourth-order valence-corrected chi connectivity index (χ4v) is 4.37. The monoisotopic (exact) mass is 384 g/mol. The molecule has 0 aromatic carbocycles. The molecule has 7 heteroatoms. The number of amides is 2. The highest BCUT2D eigenvalue weighted by Gasteiger charge is 2.34. The van der Waals surface area contributed by atoms with Gasteiger partial charge < -0.3 is 15.4 Å². The molecule has 1 aliphatic carbocycles. The average molecular weight is 385 g/mol. The van der Waals surface area contributed by atoms with Gasteiger partial charge in [0.2, 0.25) is 0 Å². The number of thiophene rings is 1. The number of carbonyl (C=O) groups excluding carboxylic acids is 2. The first-order valence-corrected chi connectivity index (χ1v) is 8.90. The van der Waals surface area contributed by atoms with Crippen LogP contribution in [-0.4, -0.2) is 18.1 Å². The Hall–Kier alpha value is -1.34. The number of esters is 1. The van der Waals surface area contributed by atoms with Crippen LogP contribution >= 0.6 is 27.3 Å². The Labute approximate surface area is 141 Å². The van der Waals surface area contributed by atoms with Gasteiger partial charge in [-0.25, -0.2) is 9.59 Å². The van der Waals surface area contributed by atoms with Gasteiger partial charge in [-0.15, -0.1) is 11.3 Å². The Morgan fingerprint density at radius 3 is 2.73 bits per heavy atom. The molecule has 0 bridgehead atoms. The molecule has 118 valence electrons. The van der Waals surface area contributed by atoms with Crippen LogP contribution < -0.4 is 10.6 Å². The van der Waals surface area contributed by atoms with Crippen LogP contribution in [0, 0.1) is 0 Å². The van der Waals surface area contributed by atoms with Crippen LogP contribution in [-0.2, 0) is 9.53 Å². The molecular weight excluding hydrogens is 368 g/mol. The summed E-state index contributed by atoms with van der Waals surface area (Å²) < 4.78 is 6.57. The first-order chi connectivity index (χ1) is 10.5. The summed E-state index contributed by atoms with van der Waals surface area (Å²) in [6.07, 6.45) is 4.06. The standard InChI is InChI=1S/C15H17BrN2O3S/c1-8-12(14(19)21-9-4-2-3-5-9)13(18-15(20)17-8)10-6-7-11(16)22-10/h6-7,9,13H,2-5H2,1H3,(H2,17,18,20)/t13-/m0/s1. The Bertz CT molecular complexity index is 634. The summed E-state index contributed by atoms with van der Waals surface area (Å²) in [6.45, 7) is 1.74. The zero-order valence-corrected chi connectivity index (χ0v) is 14.6. The highest BCUT2D eigenvalue weighted by molar-refractivity contribution is 9.11. The molecule has 3 rings (SSSR count). The number of hydrogen-bond donors (Lipinski definition) is 2. The molecule has 1 aromatic heterocycles. The molecule has 0 radical (unpaired) electrons. The normalized spacial score (nSPS) is 22.5. The third-order valence-electron chi connectivity index (χ3n) is 3.94. The van der Waals surface area contributed by atoms with Crippen LogP contribution in [0.4, 0.5) is 4.79 Å². The van der Waals surface area contributed by atoms with Crippen LogP contribution in [0.2, 0.25) is 0 Å². The molecular formula is C15H17BrN2O3S. The van der Waals surface area contributed by atoms with Gasteiger partial charge in [0.25, 0.3) is 0 Å². The number of urea groups is 1. The Morgan fingerprint density at radius 1 is 1.36 bits per heavy atom. The Morgan fingerprint density at radius 2 is 2.09 bits per heavy atom. The average Bonchev–Trinajstić information content (AvgIpc) is 3.09. The Balaban J connectivity index is 1.87. The van der Waals surface area contributed by atoms with Crippen molar-refractivity contribution in [2.45, 2.75) is 44.8 Å². The summed E-state index contributed by atoms with van der Waals surface area (Å²) in [6, 6.07) is 3.05. The first-order valence-electron chi connectivity index (χ1n) is 7.29. The third kappa shape index (κ3) is 3.20. The highest BCUT2D eigenvalue weighted by atomic mass is 79.9. The fraction of sp³-hybridized carbons (Fsp3) is 0.467. The van der Waals surface area contributed by atoms with Crippen LogP contribution in [0.15, 0.2) is 27.2 Å². The van der Waals surface area contributed by atoms with E-state index < -0.39 is 6.04 Å². The maximum Gasteiger partial charge on any atom is 0.338 e. The zero-order chi connectivity index (χ0) is 15.7. The molecule has 5 nitrogen and oxygen atoms in total. The van der Waals surface area contributed by atoms with Crippen molar-refractivity contribution in [2.24, 2.45) is 0 Å². The van der Waals surface area contributed by atoms with E-state index >= 15 is 0 Å². The summed E-state index contributed by atoms with van der Waals surface area (Å²) in [5.41, 5.74) is 1.04. The largest absolute Gasteiger partial charge is 0.459 e. The maximum atomic E-state index is 12.6. The number of halogens is 1. The minimum Gasteiger partial charge on any atom is -0.459 e. The molecule has 2 amide bonds. The molecule has 2 aliphatic rings. The fourth-order valence-electron chi connectivity index (χ4n) is 2.88. The third-order valence-corrected chi connectivity index (χ3v) is 5.63. The SMILES string of the molecule is CC1=C(C(=O)OC2CCCC2)[C@H](c2ccc(Br)s2)NC(=O)N1. The smallest absolute Gasteiger partial charge is 0.338 e. The minimum atomic E-state index is -0.459. The van der Waals surface area contributed by atoms with E-state index in [0.29, 0.717) is 11.3 Å². The summed E-state index contributed by atoms with van der Waals surface area (Å²) in [5, 5.41) is 5.48. The number of allylic oxidation sites excluding steroid dienone is 1. The van der Waals surface area contributed by atoms with Gasteiger partial charge in [0.05, 0.1) is 15.4 Å². The van der Waals surface area contributed by atoms with Crippen molar-refractivity contribution in [3.8, 4) is 0 Å². The minimum absolute atomic E-state index is 0.00106. The molecule has 1 aliphatic heterocycles.